The maximum Gasteiger partial charge on any atom is 0.524 e. The first kappa shape index (κ1) is 14.8. The number of hydrogen-bond donors (Lipinski definition) is 2. The number of phosphoric ester groups is 1. The maximum atomic E-state index is 11.1. The molecule has 0 saturated heterocycles. The molecule has 0 saturated carbocycles. The molecule has 2 N–H and O–H groups in total. The predicted molar refractivity (Wildman–Crippen MR) is 78.6 cm³/mol. The van der Waals surface area contributed by atoms with E-state index >= 15 is 0 Å². The summed E-state index contributed by atoms with van der Waals surface area (Å²) >= 11 is 0. The van der Waals surface area contributed by atoms with Crippen molar-refractivity contribution in [2.24, 2.45) is 0 Å². The highest BCUT2D eigenvalue weighted by Crippen LogP contribution is 2.44. The van der Waals surface area contributed by atoms with Gasteiger partial charge in [-0.2, -0.15) is 0 Å². The Morgan fingerprint density at radius 1 is 1.00 bits per heavy atom. The van der Waals surface area contributed by atoms with Crippen molar-refractivity contribution in [1.82, 2.24) is 0 Å². The first-order valence-corrected chi connectivity index (χ1v) is 7.85. The van der Waals surface area contributed by atoms with Gasteiger partial charge in [0.15, 0.2) is 0 Å². The molecule has 0 bridgehead atoms. The molecule has 4 nitrogen and oxygen atoms in total. The Balaban J connectivity index is 2.64. The van der Waals surface area contributed by atoms with Crippen LogP contribution in [0.2, 0.25) is 0 Å². The topological polar surface area (TPSA) is 66.8 Å². The predicted octanol–water partition coefficient (Wildman–Crippen LogP) is 3.95. The van der Waals surface area contributed by atoms with Crippen LogP contribution >= 0.6 is 7.82 Å². The van der Waals surface area contributed by atoms with Gasteiger partial charge in [-0.3, -0.25) is 9.79 Å². The lowest BCUT2D eigenvalue weighted by atomic mass is 9.92. The van der Waals surface area contributed by atoms with Crippen LogP contribution in [0.25, 0.3) is 11.1 Å². The molecule has 0 aromatic heterocycles. The molecule has 0 radical (unpaired) electrons. The van der Waals surface area contributed by atoms with Gasteiger partial charge in [0.05, 0.1) is 0 Å². The molecule has 0 aliphatic heterocycles. The lowest BCUT2D eigenvalue weighted by Gasteiger charge is -2.18. The molecular formula is C15H17O4P. The van der Waals surface area contributed by atoms with Gasteiger partial charge in [-0.1, -0.05) is 56.3 Å². The van der Waals surface area contributed by atoms with E-state index in [4.69, 9.17) is 14.3 Å². The van der Waals surface area contributed by atoms with Crippen molar-refractivity contribution >= 4 is 7.82 Å². The molecule has 0 fully saturated rings. The molecule has 0 heterocycles. The minimum atomic E-state index is -4.59. The smallest absolute Gasteiger partial charge is 0.404 e. The van der Waals surface area contributed by atoms with Crippen LogP contribution < -0.4 is 4.52 Å². The Kier molecular flexibility index (Phi) is 4.29. The van der Waals surface area contributed by atoms with Crippen molar-refractivity contribution in [3.05, 3.63) is 54.1 Å². The SMILES string of the molecule is CC(C)c1cccc(OP(=O)(O)O)c1-c1ccccc1. The lowest BCUT2D eigenvalue weighted by Crippen LogP contribution is -1.98. The van der Waals surface area contributed by atoms with Crippen molar-refractivity contribution in [2.45, 2.75) is 19.8 Å². The van der Waals surface area contributed by atoms with E-state index in [1.807, 2.05) is 50.2 Å². The molecule has 20 heavy (non-hydrogen) atoms. The largest absolute Gasteiger partial charge is 0.524 e. The van der Waals surface area contributed by atoms with Gasteiger partial charge in [-0.15, -0.1) is 0 Å². The van der Waals surface area contributed by atoms with Crippen LogP contribution in [0.15, 0.2) is 48.5 Å². The first-order valence-electron chi connectivity index (χ1n) is 6.32. The molecule has 0 spiro atoms. The van der Waals surface area contributed by atoms with Gasteiger partial charge in [0.1, 0.15) is 5.75 Å². The third-order valence-electron chi connectivity index (χ3n) is 2.96. The monoisotopic (exact) mass is 292 g/mol. The molecule has 2 aromatic rings. The molecule has 0 amide bonds. The first-order chi connectivity index (χ1) is 9.38. The third kappa shape index (κ3) is 3.48. The molecule has 0 atom stereocenters. The average molecular weight is 292 g/mol. The summed E-state index contributed by atoms with van der Waals surface area (Å²) in [6.07, 6.45) is 0. The van der Waals surface area contributed by atoms with E-state index < -0.39 is 7.82 Å². The van der Waals surface area contributed by atoms with Crippen LogP contribution in [0, 0.1) is 0 Å². The highest BCUT2D eigenvalue weighted by atomic mass is 31.2. The highest BCUT2D eigenvalue weighted by molar-refractivity contribution is 7.46. The Hall–Kier alpha value is -1.61. The van der Waals surface area contributed by atoms with Crippen molar-refractivity contribution in [2.75, 3.05) is 0 Å². The molecule has 0 unspecified atom stereocenters. The second-order valence-electron chi connectivity index (χ2n) is 4.82. The van der Waals surface area contributed by atoms with Crippen LogP contribution in [0.3, 0.4) is 0 Å². The maximum absolute atomic E-state index is 11.1. The standard InChI is InChI=1S/C15H17O4P/c1-11(2)13-9-6-10-14(19-20(16,17)18)15(13)12-7-4-3-5-8-12/h3-11H,1-2H3,(H2,16,17,18). The Labute approximate surface area is 118 Å². The summed E-state index contributed by atoms with van der Waals surface area (Å²) in [4.78, 5) is 18.1. The fraction of sp³-hybridized carbons (Fsp3) is 0.200. The summed E-state index contributed by atoms with van der Waals surface area (Å²) in [5.41, 5.74) is 2.59. The zero-order chi connectivity index (χ0) is 14.8. The summed E-state index contributed by atoms with van der Waals surface area (Å²) in [5.74, 6) is 0.418. The summed E-state index contributed by atoms with van der Waals surface area (Å²) in [6, 6.07) is 14.7. The molecule has 0 aliphatic carbocycles. The summed E-state index contributed by atoms with van der Waals surface area (Å²) in [7, 11) is -4.59. The zero-order valence-corrected chi connectivity index (χ0v) is 12.2. The molecule has 2 rings (SSSR count). The van der Waals surface area contributed by atoms with Gasteiger partial charge in [0, 0.05) is 5.56 Å². The summed E-state index contributed by atoms with van der Waals surface area (Å²) in [5, 5.41) is 0. The Morgan fingerprint density at radius 3 is 2.20 bits per heavy atom. The second kappa shape index (κ2) is 5.80. The normalized spacial score (nSPS) is 11.7. The zero-order valence-electron chi connectivity index (χ0n) is 11.4. The van der Waals surface area contributed by atoms with Crippen LogP contribution in [0.5, 0.6) is 5.75 Å². The minimum Gasteiger partial charge on any atom is -0.404 e. The Morgan fingerprint density at radius 2 is 1.65 bits per heavy atom. The van der Waals surface area contributed by atoms with Gasteiger partial charge >= 0.3 is 7.82 Å². The average Bonchev–Trinajstić information content (AvgIpc) is 2.37. The van der Waals surface area contributed by atoms with Crippen molar-refractivity contribution in [1.29, 1.82) is 0 Å². The molecule has 106 valence electrons. The lowest BCUT2D eigenvalue weighted by molar-refractivity contribution is 0.283. The summed E-state index contributed by atoms with van der Waals surface area (Å²) < 4.78 is 16.0. The van der Waals surface area contributed by atoms with Gasteiger partial charge in [0.2, 0.25) is 0 Å². The molecular weight excluding hydrogens is 275 g/mol. The van der Waals surface area contributed by atoms with E-state index in [1.54, 1.807) is 12.1 Å². The van der Waals surface area contributed by atoms with Crippen LogP contribution in [-0.2, 0) is 4.57 Å². The molecule has 2 aromatic carbocycles. The number of benzene rings is 2. The van der Waals surface area contributed by atoms with E-state index in [1.165, 1.54) is 0 Å². The van der Waals surface area contributed by atoms with Gasteiger partial charge in [0.25, 0.3) is 0 Å². The minimum absolute atomic E-state index is 0.204. The van der Waals surface area contributed by atoms with E-state index in [0.717, 1.165) is 16.7 Å². The highest BCUT2D eigenvalue weighted by Gasteiger charge is 2.21. The van der Waals surface area contributed by atoms with Crippen LogP contribution in [0.4, 0.5) is 0 Å². The van der Waals surface area contributed by atoms with Crippen molar-refractivity contribution in [3.63, 3.8) is 0 Å². The van der Waals surface area contributed by atoms with E-state index in [2.05, 4.69) is 0 Å². The van der Waals surface area contributed by atoms with Gasteiger partial charge < -0.3 is 4.52 Å². The Bertz CT molecular complexity index is 632. The fourth-order valence-corrected chi connectivity index (χ4v) is 2.56. The number of phosphoric acid groups is 1. The van der Waals surface area contributed by atoms with Crippen LogP contribution in [0.1, 0.15) is 25.3 Å². The number of hydrogen-bond acceptors (Lipinski definition) is 2. The quantitative estimate of drug-likeness (QED) is 0.837. The third-order valence-corrected chi connectivity index (χ3v) is 3.39. The van der Waals surface area contributed by atoms with Crippen LogP contribution in [-0.4, -0.2) is 9.79 Å². The van der Waals surface area contributed by atoms with E-state index in [0.29, 0.717) is 0 Å². The van der Waals surface area contributed by atoms with Gasteiger partial charge in [-0.05, 0) is 23.1 Å². The molecule has 5 heteroatoms. The number of rotatable bonds is 4. The molecule has 0 aliphatic rings. The van der Waals surface area contributed by atoms with E-state index in [9.17, 15) is 4.57 Å². The summed E-state index contributed by atoms with van der Waals surface area (Å²) in [6.45, 7) is 4.06. The van der Waals surface area contributed by atoms with Crippen molar-refractivity contribution in [3.8, 4) is 16.9 Å². The van der Waals surface area contributed by atoms with E-state index in [-0.39, 0.29) is 11.7 Å². The van der Waals surface area contributed by atoms with Gasteiger partial charge in [-0.25, -0.2) is 4.57 Å². The second-order valence-corrected chi connectivity index (χ2v) is 5.99. The fourth-order valence-electron chi connectivity index (χ4n) is 2.15. The van der Waals surface area contributed by atoms with Crippen molar-refractivity contribution < 1.29 is 18.9 Å².